The van der Waals surface area contributed by atoms with E-state index in [9.17, 15) is 4.79 Å². The van der Waals surface area contributed by atoms with Crippen LogP contribution in [0.1, 0.15) is 12.0 Å². The van der Waals surface area contributed by atoms with Crippen molar-refractivity contribution in [2.75, 3.05) is 33.3 Å². The van der Waals surface area contributed by atoms with E-state index in [1.165, 1.54) is 5.56 Å². The predicted octanol–water partition coefficient (Wildman–Crippen LogP) is 1.44. The van der Waals surface area contributed by atoms with E-state index in [0.29, 0.717) is 13.2 Å². The van der Waals surface area contributed by atoms with Crippen molar-refractivity contribution in [3.05, 3.63) is 29.8 Å². The molecule has 0 radical (unpaired) electrons. The van der Waals surface area contributed by atoms with Gasteiger partial charge in [-0.3, -0.25) is 4.79 Å². The van der Waals surface area contributed by atoms with Gasteiger partial charge in [0.05, 0.1) is 12.5 Å². The van der Waals surface area contributed by atoms with Gasteiger partial charge < -0.3 is 15.0 Å². The third kappa shape index (κ3) is 3.96. The van der Waals surface area contributed by atoms with Gasteiger partial charge in [-0.25, -0.2) is 0 Å². The molecule has 2 rings (SSSR count). The first-order valence-electron chi connectivity index (χ1n) is 6.82. The summed E-state index contributed by atoms with van der Waals surface area (Å²) in [6.45, 7) is 4.96. The molecule has 0 spiro atoms. The maximum absolute atomic E-state index is 12.1. The molecule has 0 saturated carbocycles. The first kappa shape index (κ1) is 13.9. The molecule has 1 fully saturated rings. The molecule has 1 amide bonds. The highest BCUT2D eigenvalue weighted by Gasteiger charge is 2.24. The van der Waals surface area contributed by atoms with Crippen LogP contribution in [0.3, 0.4) is 0 Å². The van der Waals surface area contributed by atoms with Crippen LogP contribution in [0.25, 0.3) is 0 Å². The van der Waals surface area contributed by atoms with Crippen LogP contribution in [0.5, 0.6) is 5.75 Å². The monoisotopic (exact) mass is 262 g/mol. The highest BCUT2D eigenvalue weighted by molar-refractivity contribution is 5.79. The molecule has 1 atom stereocenters. The molecule has 1 heterocycles. The van der Waals surface area contributed by atoms with Crippen molar-refractivity contribution in [1.29, 1.82) is 0 Å². The summed E-state index contributed by atoms with van der Waals surface area (Å²) in [6.07, 6.45) is 0.946. The fraction of sp³-hybridized carbons (Fsp3) is 0.533. The molecule has 1 aromatic rings. The summed E-state index contributed by atoms with van der Waals surface area (Å²) < 4.78 is 5.66. The summed E-state index contributed by atoms with van der Waals surface area (Å²) in [5, 5.41) is 3.22. The minimum absolute atomic E-state index is 0.143. The molecule has 1 aromatic carbocycles. The zero-order chi connectivity index (χ0) is 13.7. The van der Waals surface area contributed by atoms with Crippen LogP contribution in [-0.4, -0.2) is 44.1 Å². The van der Waals surface area contributed by atoms with E-state index in [1.54, 1.807) is 4.90 Å². The van der Waals surface area contributed by atoms with Crippen LogP contribution in [0.4, 0.5) is 0 Å². The summed E-state index contributed by atoms with van der Waals surface area (Å²) >= 11 is 0. The molecule has 104 valence electrons. The number of hydrogen-bond acceptors (Lipinski definition) is 3. The summed E-state index contributed by atoms with van der Waals surface area (Å²) in [4.78, 5) is 13.8. The van der Waals surface area contributed by atoms with Crippen molar-refractivity contribution >= 4 is 5.91 Å². The first-order chi connectivity index (χ1) is 9.16. The van der Waals surface area contributed by atoms with E-state index in [0.717, 1.165) is 25.3 Å². The van der Waals surface area contributed by atoms with Crippen molar-refractivity contribution in [2.45, 2.75) is 13.3 Å². The lowest BCUT2D eigenvalue weighted by Gasteiger charge is -2.20. The van der Waals surface area contributed by atoms with Gasteiger partial charge in [0.2, 0.25) is 5.91 Å². The van der Waals surface area contributed by atoms with E-state index in [-0.39, 0.29) is 11.8 Å². The van der Waals surface area contributed by atoms with Crippen molar-refractivity contribution in [1.82, 2.24) is 10.2 Å². The van der Waals surface area contributed by atoms with Crippen LogP contribution in [0, 0.1) is 12.8 Å². The second-order valence-electron chi connectivity index (χ2n) is 5.11. The fourth-order valence-electron chi connectivity index (χ4n) is 2.29. The third-order valence-corrected chi connectivity index (χ3v) is 3.47. The maximum atomic E-state index is 12.1. The molecule has 0 bridgehead atoms. The molecule has 1 unspecified atom stereocenters. The molecular weight excluding hydrogens is 240 g/mol. The van der Waals surface area contributed by atoms with Crippen molar-refractivity contribution in [2.24, 2.45) is 5.92 Å². The quantitative estimate of drug-likeness (QED) is 0.873. The van der Waals surface area contributed by atoms with Gasteiger partial charge in [0.1, 0.15) is 12.4 Å². The number of carbonyl (C=O) groups excluding carboxylic acids is 1. The standard InChI is InChI=1S/C15H22N2O2/c1-12-4-3-5-14(10-12)19-9-8-17(2)15(18)13-6-7-16-11-13/h3-5,10,13,16H,6-9,11H2,1-2H3. The summed E-state index contributed by atoms with van der Waals surface area (Å²) in [5.74, 6) is 1.23. The second kappa shape index (κ2) is 6.57. The van der Waals surface area contributed by atoms with Crippen LogP contribution in [0.2, 0.25) is 0 Å². The average molecular weight is 262 g/mol. The Morgan fingerprint density at radius 3 is 3.05 bits per heavy atom. The summed E-state index contributed by atoms with van der Waals surface area (Å²) in [6, 6.07) is 7.96. The number of rotatable bonds is 5. The van der Waals surface area contributed by atoms with Gasteiger partial charge in [-0.15, -0.1) is 0 Å². The van der Waals surface area contributed by atoms with Crippen LogP contribution in [-0.2, 0) is 4.79 Å². The van der Waals surface area contributed by atoms with Crippen LogP contribution < -0.4 is 10.1 Å². The van der Waals surface area contributed by atoms with Gasteiger partial charge in [-0.2, -0.15) is 0 Å². The van der Waals surface area contributed by atoms with E-state index in [4.69, 9.17) is 4.74 Å². The third-order valence-electron chi connectivity index (χ3n) is 3.47. The summed E-state index contributed by atoms with van der Waals surface area (Å²) in [7, 11) is 1.85. The number of ether oxygens (including phenoxy) is 1. The SMILES string of the molecule is Cc1cccc(OCCN(C)C(=O)C2CCNC2)c1. The number of nitrogens with one attached hydrogen (secondary N) is 1. The van der Waals surface area contributed by atoms with Gasteiger partial charge >= 0.3 is 0 Å². The number of benzene rings is 1. The number of hydrogen-bond donors (Lipinski definition) is 1. The van der Waals surface area contributed by atoms with Crippen LogP contribution >= 0.6 is 0 Å². The number of amides is 1. The average Bonchev–Trinajstić information content (AvgIpc) is 2.91. The summed E-state index contributed by atoms with van der Waals surface area (Å²) in [5.41, 5.74) is 1.18. The van der Waals surface area contributed by atoms with Gasteiger partial charge in [0, 0.05) is 13.6 Å². The largest absolute Gasteiger partial charge is 0.492 e. The minimum atomic E-state index is 0.143. The van der Waals surface area contributed by atoms with Crippen molar-refractivity contribution in [3.8, 4) is 5.75 Å². The zero-order valence-electron chi connectivity index (χ0n) is 11.7. The van der Waals surface area contributed by atoms with Gasteiger partial charge in [-0.05, 0) is 37.6 Å². The van der Waals surface area contributed by atoms with Crippen molar-refractivity contribution < 1.29 is 9.53 Å². The predicted molar refractivity (Wildman–Crippen MR) is 75.3 cm³/mol. The Morgan fingerprint density at radius 1 is 1.53 bits per heavy atom. The molecule has 1 aliphatic heterocycles. The number of nitrogens with zero attached hydrogens (tertiary/aromatic N) is 1. The Balaban J connectivity index is 1.74. The lowest BCUT2D eigenvalue weighted by Crippen LogP contribution is -2.36. The topological polar surface area (TPSA) is 41.6 Å². The van der Waals surface area contributed by atoms with E-state index >= 15 is 0 Å². The Hall–Kier alpha value is -1.55. The highest BCUT2D eigenvalue weighted by Crippen LogP contribution is 2.13. The molecule has 1 saturated heterocycles. The molecule has 0 aromatic heterocycles. The fourth-order valence-corrected chi connectivity index (χ4v) is 2.29. The first-order valence-corrected chi connectivity index (χ1v) is 6.82. The van der Waals surface area contributed by atoms with E-state index in [1.807, 2.05) is 38.2 Å². The normalized spacial score (nSPS) is 18.3. The van der Waals surface area contributed by atoms with Crippen molar-refractivity contribution in [3.63, 3.8) is 0 Å². The van der Waals surface area contributed by atoms with Gasteiger partial charge in [-0.1, -0.05) is 12.1 Å². The molecule has 1 aliphatic rings. The zero-order valence-corrected chi connectivity index (χ0v) is 11.7. The number of carbonyl (C=O) groups is 1. The van der Waals surface area contributed by atoms with Gasteiger partial charge in [0.25, 0.3) is 0 Å². The Labute approximate surface area is 114 Å². The Kier molecular flexibility index (Phi) is 4.80. The highest BCUT2D eigenvalue weighted by atomic mass is 16.5. The molecule has 19 heavy (non-hydrogen) atoms. The van der Waals surface area contributed by atoms with E-state index < -0.39 is 0 Å². The van der Waals surface area contributed by atoms with Gasteiger partial charge in [0.15, 0.2) is 0 Å². The maximum Gasteiger partial charge on any atom is 0.226 e. The molecule has 1 N–H and O–H groups in total. The lowest BCUT2D eigenvalue weighted by atomic mass is 10.1. The lowest BCUT2D eigenvalue weighted by molar-refractivity contribution is -0.133. The molecular formula is C15H22N2O2. The number of likely N-dealkylation sites (N-methyl/N-ethyl adjacent to an activating group) is 1. The Bertz CT molecular complexity index is 428. The minimum Gasteiger partial charge on any atom is -0.492 e. The molecule has 0 aliphatic carbocycles. The smallest absolute Gasteiger partial charge is 0.226 e. The molecule has 4 nitrogen and oxygen atoms in total. The van der Waals surface area contributed by atoms with Crippen LogP contribution in [0.15, 0.2) is 24.3 Å². The second-order valence-corrected chi connectivity index (χ2v) is 5.11. The molecule has 4 heteroatoms. The van der Waals surface area contributed by atoms with E-state index in [2.05, 4.69) is 5.32 Å². The Morgan fingerprint density at radius 2 is 2.37 bits per heavy atom. The number of aryl methyl sites for hydroxylation is 1.